The summed E-state index contributed by atoms with van der Waals surface area (Å²) in [4.78, 5) is 25.5. The van der Waals surface area contributed by atoms with Gasteiger partial charge < -0.3 is 9.47 Å². The summed E-state index contributed by atoms with van der Waals surface area (Å²) in [7, 11) is 1.55. The Hall–Kier alpha value is -3.69. The van der Waals surface area contributed by atoms with E-state index in [0.29, 0.717) is 26.4 Å². The van der Waals surface area contributed by atoms with E-state index >= 15 is 0 Å². The molecule has 0 aliphatic carbocycles. The van der Waals surface area contributed by atoms with Gasteiger partial charge in [0.05, 0.1) is 22.6 Å². The van der Waals surface area contributed by atoms with Gasteiger partial charge >= 0.3 is 0 Å². The lowest BCUT2D eigenvalue weighted by molar-refractivity contribution is -0.384. The summed E-state index contributed by atoms with van der Waals surface area (Å²) in [6, 6.07) is 20.7. The number of rotatable bonds is 7. The van der Waals surface area contributed by atoms with Crippen LogP contribution in [0.1, 0.15) is 11.1 Å². The van der Waals surface area contributed by atoms with Crippen LogP contribution in [0.25, 0.3) is 6.08 Å². The number of methoxy groups -OCH3 is 1. The first-order valence-corrected chi connectivity index (χ1v) is 11.1. The van der Waals surface area contributed by atoms with E-state index in [1.807, 2.05) is 30.3 Å². The molecule has 0 atom stereocenters. The lowest BCUT2D eigenvalue weighted by Gasteiger charge is -2.17. The number of carbonyl (C=O) groups is 1. The molecule has 1 aliphatic heterocycles. The number of nitrogens with zero attached hydrogens (tertiary/aromatic N) is 2. The quantitative estimate of drug-likeness (QED) is 0.190. The summed E-state index contributed by atoms with van der Waals surface area (Å²) in [6.07, 6.45) is 1.75. The van der Waals surface area contributed by atoms with Crippen molar-refractivity contribution in [3.8, 4) is 11.5 Å². The van der Waals surface area contributed by atoms with Crippen molar-refractivity contribution in [1.82, 2.24) is 0 Å². The third-order valence-electron chi connectivity index (χ3n) is 4.87. The number of nitro groups is 1. The largest absolute Gasteiger partial charge is 0.495 e. The normalized spacial score (nSPS) is 14.6. The molecule has 0 aromatic heterocycles. The molecule has 1 saturated heterocycles. The van der Waals surface area contributed by atoms with E-state index in [9.17, 15) is 14.9 Å². The van der Waals surface area contributed by atoms with E-state index in [0.717, 1.165) is 11.1 Å². The van der Waals surface area contributed by atoms with Crippen LogP contribution in [0.4, 0.5) is 11.4 Å². The number of hydrogen-bond acceptors (Lipinski definition) is 7. The van der Waals surface area contributed by atoms with Gasteiger partial charge in [0, 0.05) is 17.7 Å². The van der Waals surface area contributed by atoms with Gasteiger partial charge in [0.25, 0.3) is 11.6 Å². The van der Waals surface area contributed by atoms with Gasteiger partial charge in [0.15, 0.2) is 4.32 Å². The summed E-state index contributed by atoms with van der Waals surface area (Å²) in [5, 5.41) is 10.8. The van der Waals surface area contributed by atoms with Crippen LogP contribution in [0.5, 0.6) is 11.5 Å². The first-order chi connectivity index (χ1) is 16.0. The van der Waals surface area contributed by atoms with Gasteiger partial charge in [0.1, 0.15) is 18.1 Å². The highest BCUT2D eigenvalue weighted by Gasteiger charge is 2.35. The molecule has 33 heavy (non-hydrogen) atoms. The lowest BCUT2D eigenvalue weighted by atomic mass is 10.1. The molecule has 1 aliphatic rings. The number of nitro benzene ring substituents is 1. The Morgan fingerprint density at radius 3 is 2.39 bits per heavy atom. The van der Waals surface area contributed by atoms with Crippen LogP contribution in [0.3, 0.4) is 0 Å². The minimum atomic E-state index is -0.443. The zero-order valence-electron chi connectivity index (χ0n) is 17.5. The lowest BCUT2D eigenvalue weighted by Crippen LogP contribution is -2.27. The van der Waals surface area contributed by atoms with Crippen LogP contribution in [-0.2, 0) is 11.4 Å². The van der Waals surface area contributed by atoms with Crippen molar-refractivity contribution in [3.63, 3.8) is 0 Å². The Kier molecular flexibility index (Phi) is 6.71. The summed E-state index contributed by atoms with van der Waals surface area (Å²) in [6.45, 7) is 0.227. The monoisotopic (exact) mass is 478 g/mol. The van der Waals surface area contributed by atoms with Gasteiger partial charge in [-0.1, -0.05) is 54.3 Å². The van der Waals surface area contributed by atoms with E-state index in [-0.39, 0.29) is 18.2 Å². The molecule has 0 radical (unpaired) electrons. The molecule has 0 bridgehead atoms. The average Bonchev–Trinajstić information content (AvgIpc) is 3.11. The fourth-order valence-electron chi connectivity index (χ4n) is 3.24. The number of carbonyl (C=O) groups excluding carboxylic acids is 1. The maximum atomic E-state index is 13.2. The number of benzene rings is 3. The van der Waals surface area contributed by atoms with Crippen LogP contribution in [0.15, 0.2) is 77.7 Å². The van der Waals surface area contributed by atoms with Crippen LogP contribution in [-0.4, -0.2) is 22.3 Å². The second kappa shape index (κ2) is 9.85. The third-order valence-corrected chi connectivity index (χ3v) is 6.17. The van der Waals surface area contributed by atoms with Crippen molar-refractivity contribution in [2.45, 2.75) is 6.61 Å². The van der Waals surface area contributed by atoms with Crippen LogP contribution in [0.2, 0.25) is 0 Å². The van der Waals surface area contributed by atoms with Crippen LogP contribution in [0, 0.1) is 10.1 Å². The van der Waals surface area contributed by atoms with Gasteiger partial charge in [-0.15, -0.1) is 0 Å². The molecule has 1 heterocycles. The molecule has 0 unspecified atom stereocenters. The molecule has 0 spiro atoms. The van der Waals surface area contributed by atoms with Crippen molar-refractivity contribution in [3.05, 3.63) is 98.9 Å². The predicted molar refractivity (Wildman–Crippen MR) is 133 cm³/mol. The summed E-state index contributed by atoms with van der Waals surface area (Å²) in [5.74, 6) is 0.903. The molecular formula is C24H18N2O5S2. The molecule has 7 nitrogen and oxygen atoms in total. The van der Waals surface area contributed by atoms with E-state index < -0.39 is 4.92 Å². The topological polar surface area (TPSA) is 81.9 Å². The number of thiocarbonyl (C=S) groups is 1. The van der Waals surface area contributed by atoms with Crippen molar-refractivity contribution in [2.75, 3.05) is 12.0 Å². The first kappa shape index (κ1) is 22.5. The van der Waals surface area contributed by atoms with Gasteiger partial charge in [-0.05, 0) is 42.0 Å². The van der Waals surface area contributed by atoms with E-state index in [1.54, 1.807) is 43.5 Å². The SMILES string of the molecule is COc1ccccc1N1C(=O)C(=Cc2ccccc2OCc2ccc([N+](=O)[O-])cc2)SC1=S. The number of para-hydroxylation sites is 3. The van der Waals surface area contributed by atoms with Gasteiger partial charge in [0.2, 0.25) is 0 Å². The molecule has 0 saturated carbocycles. The van der Waals surface area contributed by atoms with Gasteiger partial charge in [-0.2, -0.15) is 0 Å². The number of hydrogen-bond donors (Lipinski definition) is 0. The highest BCUT2D eigenvalue weighted by Crippen LogP contribution is 2.40. The fourth-order valence-corrected chi connectivity index (χ4v) is 4.51. The van der Waals surface area contributed by atoms with Crippen LogP contribution >= 0.6 is 24.0 Å². The molecule has 1 amide bonds. The summed E-state index contributed by atoms with van der Waals surface area (Å²) in [5.41, 5.74) is 2.13. The third kappa shape index (κ3) is 4.89. The Labute approximate surface area is 199 Å². The minimum absolute atomic E-state index is 0.0243. The number of thioether (sulfide) groups is 1. The Bertz CT molecular complexity index is 1260. The Morgan fingerprint density at radius 1 is 1.03 bits per heavy atom. The second-order valence-corrected chi connectivity index (χ2v) is 8.61. The maximum absolute atomic E-state index is 13.2. The molecule has 3 aromatic rings. The van der Waals surface area contributed by atoms with Crippen LogP contribution < -0.4 is 14.4 Å². The highest BCUT2D eigenvalue weighted by atomic mass is 32.2. The molecule has 166 valence electrons. The van der Waals surface area contributed by atoms with E-state index in [4.69, 9.17) is 21.7 Å². The molecule has 4 rings (SSSR count). The molecular weight excluding hydrogens is 460 g/mol. The first-order valence-electron chi connectivity index (χ1n) is 9.84. The van der Waals surface area contributed by atoms with Crippen molar-refractivity contribution in [2.24, 2.45) is 0 Å². The van der Waals surface area contributed by atoms with Gasteiger partial charge in [-0.3, -0.25) is 19.8 Å². The number of non-ortho nitro benzene ring substituents is 1. The number of anilines is 1. The van der Waals surface area contributed by atoms with Gasteiger partial charge in [-0.25, -0.2) is 0 Å². The summed E-state index contributed by atoms with van der Waals surface area (Å²) >= 11 is 6.68. The predicted octanol–water partition coefficient (Wildman–Crippen LogP) is 5.59. The highest BCUT2D eigenvalue weighted by molar-refractivity contribution is 8.27. The maximum Gasteiger partial charge on any atom is 0.270 e. The molecule has 3 aromatic carbocycles. The fraction of sp³-hybridized carbons (Fsp3) is 0.0833. The Morgan fingerprint density at radius 2 is 1.70 bits per heavy atom. The zero-order valence-corrected chi connectivity index (χ0v) is 19.1. The average molecular weight is 479 g/mol. The Balaban J connectivity index is 1.55. The molecule has 0 N–H and O–H groups in total. The zero-order chi connectivity index (χ0) is 23.4. The van der Waals surface area contributed by atoms with Crippen molar-refractivity contribution in [1.29, 1.82) is 0 Å². The standard InChI is InChI=1S/C24H18N2O5S2/c1-30-21-9-5-3-7-19(21)25-23(27)22(33-24(25)32)14-17-6-2-4-8-20(17)31-15-16-10-12-18(13-11-16)26(28)29/h2-14H,15H2,1H3. The van der Waals surface area contributed by atoms with E-state index in [1.165, 1.54) is 28.8 Å². The number of amides is 1. The second-order valence-electron chi connectivity index (χ2n) is 6.94. The smallest absolute Gasteiger partial charge is 0.270 e. The van der Waals surface area contributed by atoms with E-state index in [2.05, 4.69) is 0 Å². The molecule has 9 heteroatoms. The van der Waals surface area contributed by atoms with Crippen molar-refractivity contribution < 1.29 is 19.2 Å². The summed E-state index contributed by atoms with van der Waals surface area (Å²) < 4.78 is 11.7. The minimum Gasteiger partial charge on any atom is -0.495 e. The molecule has 1 fully saturated rings. The van der Waals surface area contributed by atoms with Crippen molar-refractivity contribution >= 4 is 51.7 Å². The number of ether oxygens (including phenoxy) is 2.